The molecule has 0 aliphatic rings. The van der Waals surface area contributed by atoms with Gasteiger partial charge in [-0.15, -0.1) is 26.3 Å². The molecule has 0 saturated carbocycles. The van der Waals surface area contributed by atoms with Crippen molar-refractivity contribution in [3.05, 3.63) is 278 Å². The average Bonchev–Trinajstić information content (AvgIpc) is 3.48. The minimum absolute atomic E-state index is 0.0150. The molecule has 4 unspecified atom stereocenters. The van der Waals surface area contributed by atoms with E-state index < -0.39 is 0 Å². The van der Waals surface area contributed by atoms with Gasteiger partial charge in [0.1, 0.15) is 24.4 Å². The van der Waals surface area contributed by atoms with Crippen LogP contribution in [0.25, 0.3) is 12.2 Å². The zero-order valence-electron chi connectivity index (χ0n) is 46.0. The van der Waals surface area contributed by atoms with E-state index in [2.05, 4.69) is 137 Å². The molecule has 402 valence electrons. The van der Waals surface area contributed by atoms with Crippen LogP contribution in [0.5, 0.6) is 0 Å². The van der Waals surface area contributed by atoms with Gasteiger partial charge in [0.2, 0.25) is 0 Å². The van der Waals surface area contributed by atoms with E-state index in [9.17, 15) is 0 Å². The third kappa shape index (κ3) is 25.4. The van der Waals surface area contributed by atoms with E-state index in [0.717, 1.165) is 88.9 Å². The minimum atomic E-state index is -0.0150. The zero-order valence-corrected chi connectivity index (χ0v) is 46.0. The molecule has 4 nitrogen and oxygen atoms in total. The molecule has 0 heterocycles. The summed E-state index contributed by atoms with van der Waals surface area (Å²) in [7, 11) is 0. The van der Waals surface area contributed by atoms with Crippen LogP contribution in [0.4, 0.5) is 0 Å². The summed E-state index contributed by atoms with van der Waals surface area (Å²) in [6.07, 6.45) is 30.6. The minimum Gasteiger partial charge on any atom is -0.369 e. The van der Waals surface area contributed by atoms with Gasteiger partial charge in [-0.05, 0) is 83.0 Å². The smallest absolute Gasteiger partial charge is 0.100 e. The highest BCUT2D eigenvalue weighted by Crippen LogP contribution is 2.23. The second kappa shape index (κ2) is 40.9. The van der Waals surface area contributed by atoms with E-state index in [4.69, 9.17) is 18.9 Å². The molecular formula is C72H90O4. The summed E-state index contributed by atoms with van der Waals surface area (Å²) in [6, 6.07) is 58.0. The predicted molar refractivity (Wildman–Crippen MR) is 326 cm³/mol. The summed E-state index contributed by atoms with van der Waals surface area (Å²) in [6.45, 7) is 26.4. The summed E-state index contributed by atoms with van der Waals surface area (Å²) in [5.41, 5.74) is 9.86. The average molecular weight is 1020 g/mol. The quantitative estimate of drug-likeness (QED) is 0.0288. The van der Waals surface area contributed by atoms with E-state index in [1.807, 2.05) is 109 Å². The first-order valence-corrected chi connectivity index (χ1v) is 28.1. The molecule has 0 aromatic heterocycles. The molecule has 4 heteroatoms. The molecule has 0 spiro atoms. The number of unbranched alkanes of at least 4 members (excludes halogenated alkanes) is 12. The van der Waals surface area contributed by atoms with Crippen molar-refractivity contribution in [2.75, 3.05) is 26.4 Å². The van der Waals surface area contributed by atoms with Crippen molar-refractivity contribution in [1.82, 2.24) is 0 Å². The monoisotopic (exact) mass is 1020 g/mol. The Kier molecular flexibility index (Phi) is 33.4. The molecule has 0 N–H and O–H groups in total. The summed E-state index contributed by atoms with van der Waals surface area (Å²) < 4.78 is 23.8. The molecule has 0 saturated heterocycles. The first-order chi connectivity index (χ1) is 37.5. The van der Waals surface area contributed by atoms with Gasteiger partial charge in [0.25, 0.3) is 0 Å². The number of benzene rings is 6. The van der Waals surface area contributed by atoms with Crippen molar-refractivity contribution in [2.24, 2.45) is 0 Å². The largest absolute Gasteiger partial charge is 0.369 e. The first-order valence-electron chi connectivity index (χ1n) is 28.1. The molecule has 0 fully saturated rings. The maximum atomic E-state index is 5.98. The van der Waals surface area contributed by atoms with Crippen LogP contribution in [0.15, 0.2) is 234 Å². The van der Waals surface area contributed by atoms with Gasteiger partial charge in [-0.1, -0.05) is 284 Å². The van der Waals surface area contributed by atoms with E-state index in [1.165, 1.54) is 84.7 Å². The van der Waals surface area contributed by atoms with Crippen LogP contribution in [-0.4, -0.2) is 26.4 Å². The topological polar surface area (TPSA) is 36.9 Å². The summed E-state index contributed by atoms with van der Waals surface area (Å²) in [5.74, 6) is 0. The zero-order chi connectivity index (χ0) is 53.9. The van der Waals surface area contributed by atoms with Gasteiger partial charge in [0, 0.05) is 26.4 Å². The lowest BCUT2D eigenvalue weighted by atomic mass is 9.97. The van der Waals surface area contributed by atoms with Crippen molar-refractivity contribution >= 4 is 12.2 Å². The lowest BCUT2D eigenvalue weighted by Crippen LogP contribution is -2.04. The fraction of sp³-hybridized carbons (Fsp3) is 0.333. The van der Waals surface area contributed by atoms with Crippen molar-refractivity contribution in [2.45, 2.75) is 127 Å². The van der Waals surface area contributed by atoms with E-state index in [-0.39, 0.29) is 24.4 Å². The lowest BCUT2D eigenvalue weighted by Gasteiger charge is -2.15. The van der Waals surface area contributed by atoms with Gasteiger partial charge in [0.05, 0.1) is 0 Å². The molecule has 0 aliphatic heterocycles. The van der Waals surface area contributed by atoms with E-state index in [0.29, 0.717) is 0 Å². The van der Waals surface area contributed by atoms with E-state index in [1.54, 1.807) is 0 Å². The predicted octanol–water partition coefficient (Wildman–Crippen LogP) is 20.0. The third-order valence-corrected chi connectivity index (χ3v) is 13.3. The van der Waals surface area contributed by atoms with Crippen LogP contribution in [-0.2, 0) is 31.8 Å². The number of ether oxygens (including phenoxy) is 4. The molecular weight excluding hydrogens is 929 g/mol. The molecule has 6 aromatic carbocycles. The Morgan fingerprint density at radius 1 is 0.263 bits per heavy atom. The summed E-state index contributed by atoms with van der Waals surface area (Å²) in [4.78, 5) is 0. The first kappa shape index (κ1) is 62.1. The number of hydrogen-bond acceptors (Lipinski definition) is 4. The Bertz CT molecular complexity index is 2250. The second-order valence-corrected chi connectivity index (χ2v) is 19.0. The number of rotatable bonds is 37. The molecule has 0 bridgehead atoms. The molecule has 0 radical (unpaired) electrons. The maximum absolute atomic E-state index is 5.98. The van der Waals surface area contributed by atoms with Gasteiger partial charge in [-0.25, -0.2) is 0 Å². The molecule has 0 aliphatic carbocycles. The highest BCUT2D eigenvalue weighted by molar-refractivity contribution is 5.54. The van der Waals surface area contributed by atoms with Crippen LogP contribution in [0.1, 0.15) is 159 Å². The van der Waals surface area contributed by atoms with Gasteiger partial charge in [-0.3, -0.25) is 0 Å². The Labute approximate surface area is 460 Å². The Balaban J connectivity index is 0.000000256. The Morgan fingerprint density at radius 2 is 0.474 bits per heavy atom. The standard InChI is InChI=1S/C30H42O2.C24H30O2.C18H18/c1-3-29(27-21-15-13-16-22-27)31-25-19-11-9-7-5-6-8-10-12-20-26-32-30(4-2)28-23-17-14-18-24-28;1-3-23(21-15-9-7-10-16-21)25-19-13-5-6-14-20-26-24(4-2)22-17-11-8-12-18-22;1-3-15-9-5-7-11-17(15)13-14-18-12-8-6-10-16(18)4-2/h3-4,13-18,21-24,29-30H,1-2,5-12,19-20,25-26H2;3-4,7-12,15-18,23-24H,1-2,5-6,13-14,19-20H2;3-12H,1-2,13-14H2. The van der Waals surface area contributed by atoms with Gasteiger partial charge >= 0.3 is 0 Å². The van der Waals surface area contributed by atoms with Crippen LogP contribution in [0, 0.1) is 0 Å². The van der Waals surface area contributed by atoms with Gasteiger partial charge in [-0.2, -0.15) is 0 Å². The summed E-state index contributed by atoms with van der Waals surface area (Å²) in [5, 5.41) is 0. The second-order valence-electron chi connectivity index (χ2n) is 19.0. The molecule has 6 aromatic rings. The van der Waals surface area contributed by atoms with Crippen molar-refractivity contribution in [3.8, 4) is 0 Å². The SMILES string of the molecule is C=CC(OCCCCCCCCCCCCOC(C=C)c1ccccc1)c1ccccc1.C=CC(OCCCCCCOC(C=C)c1ccccc1)c1ccccc1.C=Cc1ccccc1CCc1ccccc1C=C. The van der Waals surface area contributed by atoms with Gasteiger partial charge in [0.15, 0.2) is 0 Å². The number of hydrogen-bond donors (Lipinski definition) is 0. The Hall–Kier alpha value is -6.40. The fourth-order valence-corrected chi connectivity index (χ4v) is 8.98. The normalized spacial score (nSPS) is 12.3. The van der Waals surface area contributed by atoms with Crippen molar-refractivity contribution in [1.29, 1.82) is 0 Å². The van der Waals surface area contributed by atoms with Crippen molar-refractivity contribution < 1.29 is 18.9 Å². The van der Waals surface area contributed by atoms with Crippen LogP contribution in [0.2, 0.25) is 0 Å². The summed E-state index contributed by atoms with van der Waals surface area (Å²) >= 11 is 0. The van der Waals surface area contributed by atoms with Crippen LogP contribution >= 0.6 is 0 Å². The molecule has 76 heavy (non-hydrogen) atoms. The van der Waals surface area contributed by atoms with Gasteiger partial charge < -0.3 is 18.9 Å². The van der Waals surface area contributed by atoms with Crippen LogP contribution < -0.4 is 0 Å². The highest BCUT2D eigenvalue weighted by Gasteiger charge is 2.10. The number of aryl methyl sites for hydroxylation is 2. The third-order valence-electron chi connectivity index (χ3n) is 13.3. The van der Waals surface area contributed by atoms with E-state index >= 15 is 0 Å². The fourth-order valence-electron chi connectivity index (χ4n) is 8.98. The van der Waals surface area contributed by atoms with Crippen molar-refractivity contribution in [3.63, 3.8) is 0 Å². The van der Waals surface area contributed by atoms with Crippen LogP contribution in [0.3, 0.4) is 0 Å². The maximum Gasteiger partial charge on any atom is 0.100 e. The Morgan fingerprint density at radius 3 is 0.697 bits per heavy atom. The highest BCUT2D eigenvalue weighted by atomic mass is 16.5. The lowest BCUT2D eigenvalue weighted by molar-refractivity contribution is 0.0749. The molecule has 0 amide bonds. The molecule has 4 atom stereocenters. The molecule has 6 rings (SSSR count).